The lowest BCUT2D eigenvalue weighted by Gasteiger charge is -2.24. The molecule has 3 atom stereocenters. The van der Waals surface area contributed by atoms with Gasteiger partial charge >= 0.3 is 0 Å². The fraction of sp³-hybridized carbons (Fsp3) is 0.667. The van der Waals surface area contributed by atoms with Gasteiger partial charge in [0.05, 0.1) is 24.3 Å². The zero-order valence-corrected chi connectivity index (χ0v) is 17.3. The summed E-state index contributed by atoms with van der Waals surface area (Å²) in [6.45, 7) is 3.29. The Labute approximate surface area is 153 Å². The van der Waals surface area contributed by atoms with Gasteiger partial charge in [0, 0.05) is 11.8 Å². The molecule has 4 nitrogen and oxygen atoms in total. The molecule has 0 saturated heterocycles. The van der Waals surface area contributed by atoms with Crippen LogP contribution in [0.15, 0.2) is 0 Å². The Balaban J connectivity index is 0. The van der Waals surface area contributed by atoms with Crippen LogP contribution in [0.2, 0.25) is 0 Å². The molecule has 0 aromatic rings. The molecule has 0 aromatic heterocycles. The van der Waals surface area contributed by atoms with E-state index >= 15 is 0 Å². The molecule has 8 heteroatoms. The summed E-state index contributed by atoms with van der Waals surface area (Å²) in [5.74, 6) is 0. The van der Waals surface area contributed by atoms with Crippen molar-refractivity contribution in [3.63, 3.8) is 0 Å². The van der Waals surface area contributed by atoms with Gasteiger partial charge in [-0.25, -0.2) is 0 Å². The van der Waals surface area contributed by atoms with Gasteiger partial charge in [0.25, 0.3) is 0 Å². The first-order valence-electron chi connectivity index (χ1n) is 5.29. The predicted molar refractivity (Wildman–Crippen MR) is 91.8 cm³/mol. The normalized spacial score (nSPS) is 18.1. The van der Waals surface area contributed by atoms with E-state index in [4.69, 9.17) is 21.0 Å². The third kappa shape index (κ3) is 7.61. The smallest absolute Gasteiger partial charge is 0.137 e. The Hall–Kier alpha value is -0.120. The second-order valence-corrected chi connectivity index (χ2v) is 9.35. The summed E-state index contributed by atoms with van der Waals surface area (Å²) < 4.78 is -2.23. The largest absolute Gasteiger partial charge is 0.198 e. The van der Waals surface area contributed by atoms with Gasteiger partial charge in [0.15, 0.2) is 0 Å². The van der Waals surface area contributed by atoms with Crippen LogP contribution in [0.25, 0.3) is 0 Å². The van der Waals surface area contributed by atoms with Gasteiger partial charge in [-0.3, -0.25) is 0 Å². The number of halogens is 4. The Morgan fingerprint density at radius 2 is 1.25 bits per heavy atom. The fourth-order valence-corrected chi connectivity index (χ4v) is 1.40. The predicted octanol–water partition coefficient (Wildman–Crippen LogP) is 4.68. The van der Waals surface area contributed by atoms with Crippen molar-refractivity contribution in [2.24, 2.45) is 0 Å². The fourth-order valence-electron chi connectivity index (χ4n) is 0.617. The average Bonchev–Trinajstić information content (AvgIpc) is 2.45. The number of alkyl halides is 4. The molecule has 0 radical (unpaired) electrons. The van der Waals surface area contributed by atoms with Gasteiger partial charge in [0.2, 0.25) is 0 Å². The van der Waals surface area contributed by atoms with Crippen molar-refractivity contribution in [3.8, 4) is 24.3 Å². The first-order chi connectivity index (χ1) is 9.05. The van der Waals surface area contributed by atoms with Gasteiger partial charge in [0.1, 0.15) is 13.0 Å². The van der Waals surface area contributed by atoms with E-state index in [1.165, 1.54) is 0 Å². The van der Waals surface area contributed by atoms with Crippen LogP contribution in [0.1, 0.15) is 26.7 Å². The zero-order chi connectivity index (χ0) is 16.4. The van der Waals surface area contributed by atoms with E-state index < -0.39 is 13.0 Å². The first kappa shape index (κ1) is 22.2. The molecule has 0 aliphatic heterocycles. The van der Waals surface area contributed by atoms with E-state index in [0.717, 1.165) is 0 Å². The summed E-state index contributed by atoms with van der Waals surface area (Å²) in [6.07, 6.45) is 0.968. The van der Waals surface area contributed by atoms with Gasteiger partial charge in [-0.15, -0.1) is 0 Å². The van der Waals surface area contributed by atoms with Crippen molar-refractivity contribution in [3.05, 3.63) is 0 Å². The lowest BCUT2D eigenvalue weighted by Crippen LogP contribution is -2.36. The molecule has 0 amide bonds. The first-order valence-corrected chi connectivity index (χ1v) is 8.79. The summed E-state index contributed by atoms with van der Waals surface area (Å²) in [5.41, 5.74) is 0. The molecular formula is C12H12Br4N4. The summed E-state index contributed by atoms with van der Waals surface area (Å²) in [6, 6.07) is 8.03. The second kappa shape index (κ2) is 9.75. The molecule has 0 heterocycles. The van der Waals surface area contributed by atoms with Crippen molar-refractivity contribution < 1.29 is 0 Å². The van der Waals surface area contributed by atoms with Crippen LogP contribution in [0.3, 0.4) is 0 Å². The van der Waals surface area contributed by atoms with Crippen LogP contribution < -0.4 is 0 Å². The highest BCUT2D eigenvalue weighted by atomic mass is 79.9. The minimum atomic E-state index is -0.839. The number of rotatable bonds is 4. The summed E-state index contributed by atoms with van der Waals surface area (Å²) >= 11 is 12.7. The third-order valence-electron chi connectivity index (χ3n) is 2.35. The van der Waals surface area contributed by atoms with Gasteiger partial charge < -0.3 is 0 Å². The van der Waals surface area contributed by atoms with Crippen molar-refractivity contribution in [1.82, 2.24) is 0 Å². The van der Waals surface area contributed by atoms with Crippen molar-refractivity contribution in [2.75, 3.05) is 5.33 Å². The third-order valence-corrected chi connectivity index (χ3v) is 7.38. The molecule has 0 aromatic carbocycles. The quantitative estimate of drug-likeness (QED) is 0.492. The van der Waals surface area contributed by atoms with Crippen LogP contribution >= 0.6 is 63.7 Å². The van der Waals surface area contributed by atoms with E-state index in [-0.39, 0.29) is 0 Å². The topological polar surface area (TPSA) is 95.2 Å². The van der Waals surface area contributed by atoms with Crippen LogP contribution in [0.5, 0.6) is 0 Å². The molecule has 0 bridgehead atoms. The molecule has 108 valence electrons. The van der Waals surface area contributed by atoms with Gasteiger partial charge in [-0.2, -0.15) is 21.0 Å². The Morgan fingerprint density at radius 3 is 1.45 bits per heavy atom. The maximum atomic E-state index is 8.58. The van der Waals surface area contributed by atoms with Crippen molar-refractivity contribution in [2.45, 2.75) is 39.7 Å². The van der Waals surface area contributed by atoms with Crippen LogP contribution in [-0.4, -0.2) is 18.3 Å². The molecule has 0 aliphatic carbocycles. The lowest BCUT2D eigenvalue weighted by atomic mass is 9.99. The zero-order valence-electron chi connectivity index (χ0n) is 10.9. The molecule has 0 spiro atoms. The molecule has 0 N–H and O–H groups in total. The molecule has 20 heavy (non-hydrogen) atoms. The van der Waals surface area contributed by atoms with Crippen LogP contribution in [0.4, 0.5) is 0 Å². The van der Waals surface area contributed by atoms with Crippen LogP contribution in [0, 0.1) is 45.3 Å². The van der Waals surface area contributed by atoms with Gasteiger partial charge in [-0.05, 0) is 20.3 Å². The minimum absolute atomic E-state index is 0.407. The van der Waals surface area contributed by atoms with E-state index in [2.05, 4.69) is 69.8 Å². The summed E-state index contributed by atoms with van der Waals surface area (Å²) in [7, 11) is 0. The standard InChI is InChI=1S/2C6H6Br2N2/c1-5(7,3-9)6(2,8)4-10;7-4-6(8,5-10)2-1-3-9/h1-2H3;1-2,4H2. The van der Waals surface area contributed by atoms with E-state index in [9.17, 15) is 0 Å². The van der Waals surface area contributed by atoms with E-state index in [0.29, 0.717) is 18.2 Å². The Kier molecular flexibility index (Phi) is 10.8. The Bertz CT molecular complexity index is 452. The van der Waals surface area contributed by atoms with E-state index in [1.54, 1.807) is 13.8 Å². The second-order valence-electron chi connectivity index (χ2n) is 4.10. The highest BCUT2D eigenvalue weighted by molar-refractivity contribution is 9.13. The van der Waals surface area contributed by atoms with Crippen molar-refractivity contribution >= 4 is 63.7 Å². The summed E-state index contributed by atoms with van der Waals surface area (Å²) in [5, 5.41) is 34.5. The molecule has 0 rings (SSSR count). The SMILES string of the molecule is CC(Br)(C#N)C(C)(Br)C#N.N#CCCC(Br)(C#N)CBr. The minimum Gasteiger partial charge on any atom is -0.198 e. The molecular weight excluding hydrogens is 520 g/mol. The highest BCUT2D eigenvalue weighted by Crippen LogP contribution is 2.36. The number of nitriles is 4. The number of hydrogen-bond acceptors (Lipinski definition) is 4. The molecule has 0 fully saturated rings. The average molecular weight is 532 g/mol. The van der Waals surface area contributed by atoms with Crippen LogP contribution in [-0.2, 0) is 0 Å². The lowest BCUT2D eigenvalue weighted by molar-refractivity contribution is 0.705. The summed E-state index contributed by atoms with van der Waals surface area (Å²) in [4.78, 5) is 0. The Morgan fingerprint density at radius 1 is 0.850 bits per heavy atom. The molecule has 0 saturated carbocycles. The highest BCUT2D eigenvalue weighted by Gasteiger charge is 2.41. The maximum absolute atomic E-state index is 8.58. The van der Waals surface area contributed by atoms with E-state index in [1.807, 2.05) is 18.2 Å². The van der Waals surface area contributed by atoms with Crippen molar-refractivity contribution in [1.29, 1.82) is 21.0 Å². The molecule has 0 aliphatic rings. The number of nitrogens with zero attached hydrogens (tertiary/aromatic N) is 4. The van der Waals surface area contributed by atoms with Gasteiger partial charge in [-0.1, -0.05) is 63.7 Å². The monoisotopic (exact) mass is 528 g/mol. The maximum Gasteiger partial charge on any atom is 0.137 e. The number of hydrogen-bond donors (Lipinski definition) is 0. The molecule has 3 unspecified atom stereocenters.